The highest BCUT2D eigenvalue weighted by Crippen LogP contribution is 2.41. The van der Waals surface area contributed by atoms with Crippen LogP contribution >= 0.6 is 0 Å². The summed E-state index contributed by atoms with van der Waals surface area (Å²) in [5.41, 5.74) is 5.54. The SMILES string of the molecule is Cc1nc2c(ccn2Cc2ccccc2)c(-c2ccc3c(c2)CCCO3)c1C(OC(C)(C)C)C(=O)O. The van der Waals surface area contributed by atoms with E-state index in [1.807, 2.05) is 70.3 Å². The monoisotopic (exact) mass is 484 g/mol. The number of hydrogen-bond acceptors (Lipinski definition) is 4. The molecular weight excluding hydrogens is 452 g/mol. The smallest absolute Gasteiger partial charge is 0.337 e. The maximum atomic E-state index is 12.6. The van der Waals surface area contributed by atoms with E-state index in [-0.39, 0.29) is 0 Å². The first kappa shape index (κ1) is 24.1. The second-order valence-electron chi connectivity index (χ2n) is 10.4. The van der Waals surface area contributed by atoms with E-state index in [2.05, 4.69) is 22.8 Å². The molecule has 186 valence electrons. The van der Waals surface area contributed by atoms with Crippen molar-refractivity contribution in [3.05, 3.63) is 83.2 Å². The number of aryl methyl sites for hydroxylation is 2. The van der Waals surface area contributed by atoms with E-state index < -0.39 is 17.7 Å². The summed E-state index contributed by atoms with van der Waals surface area (Å²) < 4.78 is 14.1. The molecule has 6 nitrogen and oxygen atoms in total. The van der Waals surface area contributed by atoms with Crippen LogP contribution in [0.4, 0.5) is 0 Å². The van der Waals surface area contributed by atoms with E-state index >= 15 is 0 Å². The second kappa shape index (κ2) is 9.43. The zero-order valence-electron chi connectivity index (χ0n) is 21.2. The van der Waals surface area contributed by atoms with E-state index in [1.165, 1.54) is 5.56 Å². The Morgan fingerprint density at radius 1 is 1.17 bits per heavy atom. The first-order chi connectivity index (χ1) is 17.2. The summed E-state index contributed by atoms with van der Waals surface area (Å²) in [6, 6.07) is 18.4. The molecule has 0 radical (unpaired) electrons. The van der Waals surface area contributed by atoms with E-state index in [9.17, 15) is 9.90 Å². The van der Waals surface area contributed by atoms with Gasteiger partial charge in [-0.05, 0) is 75.4 Å². The van der Waals surface area contributed by atoms with Crippen molar-refractivity contribution >= 4 is 17.0 Å². The van der Waals surface area contributed by atoms with Gasteiger partial charge in [0.05, 0.1) is 12.2 Å². The number of fused-ring (bicyclic) bond motifs is 2. The van der Waals surface area contributed by atoms with Crippen molar-refractivity contribution in [3.63, 3.8) is 0 Å². The molecule has 2 aromatic heterocycles. The highest BCUT2D eigenvalue weighted by atomic mass is 16.5. The Bertz CT molecular complexity index is 1420. The minimum Gasteiger partial charge on any atom is -0.493 e. The van der Waals surface area contributed by atoms with Gasteiger partial charge in [-0.1, -0.05) is 36.4 Å². The highest BCUT2D eigenvalue weighted by molar-refractivity contribution is 5.98. The lowest BCUT2D eigenvalue weighted by Gasteiger charge is -2.28. The average molecular weight is 485 g/mol. The number of hydrogen-bond donors (Lipinski definition) is 1. The number of benzene rings is 2. The van der Waals surface area contributed by atoms with Crippen LogP contribution in [0.2, 0.25) is 0 Å². The third-order valence-corrected chi connectivity index (χ3v) is 6.49. The van der Waals surface area contributed by atoms with Gasteiger partial charge in [0, 0.05) is 34.9 Å². The zero-order valence-corrected chi connectivity index (χ0v) is 21.2. The summed E-state index contributed by atoms with van der Waals surface area (Å²) >= 11 is 0. The lowest BCUT2D eigenvalue weighted by molar-refractivity contribution is -0.160. The van der Waals surface area contributed by atoms with Crippen molar-refractivity contribution in [2.45, 2.75) is 58.8 Å². The molecule has 4 aromatic rings. The molecule has 0 amide bonds. The largest absolute Gasteiger partial charge is 0.493 e. The molecule has 36 heavy (non-hydrogen) atoms. The Morgan fingerprint density at radius 3 is 2.67 bits per heavy atom. The predicted octanol–water partition coefficient (Wildman–Crippen LogP) is 6.33. The van der Waals surface area contributed by atoms with Gasteiger partial charge in [0.2, 0.25) is 0 Å². The van der Waals surface area contributed by atoms with Crippen LogP contribution in [0, 0.1) is 6.92 Å². The van der Waals surface area contributed by atoms with E-state index in [0.717, 1.165) is 52.9 Å². The number of aromatic nitrogens is 2. The topological polar surface area (TPSA) is 73.6 Å². The van der Waals surface area contributed by atoms with Gasteiger partial charge in [0.25, 0.3) is 0 Å². The number of rotatable bonds is 6. The van der Waals surface area contributed by atoms with Gasteiger partial charge in [-0.2, -0.15) is 0 Å². The molecule has 1 unspecified atom stereocenters. The zero-order chi connectivity index (χ0) is 25.4. The molecule has 1 aliphatic heterocycles. The molecule has 0 fully saturated rings. The van der Waals surface area contributed by atoms with Gasteiger partial charge in [0.1, 0.15) is 11.4 Å². The lowest BCUT2D eigenvalue weighted by atomic mass is 9.90. The summed E-state index contributed by atoms with van der Waals surface area (Å²) in [4.78, 5) is 17.5. The Balaban J connectivity index is 1.75. The van der Waals surface area contributed by atoms with Crippen LogP contribution in [0.25, 0.3) is 22.2 Å². The molecule has 0 saturated heterocycles. The molecule has 1 aliphatic rings. The second-order valence-corrected chi connectivity index (χ2v) is 10.4. The molecule has 6 heteroatoms. The van der Waals surface area contributed by atoms with E-state index in [1.54, 1.807) is 0 Å². The number of aliphatic carboxylic acids is 1. The number of carboxylic acid groups (broad SMARTS) is 1. The molecular formula is C30H32N2O4. The maximum Gasteiger partial charge on any atom is 0.337 e. The first-order valence-electron chi connectivity index (χ1n) is 12.4. The van der Waals surface area contributed by atoms with Crippen LogP contribution in [-0.2, 0) is 22.5 Å². The number of nitrogens with zero attached hydrogens (tertiary/aromatic N) is 2. The summed E-state index contributed by atoms with van der Waals surface area (Å²) in [6.07, 6.45) is 2.77. The molecule has 0 bridgehead atoms. The quantitative estimate of drug-likeness (QED) is 0.346. The molecule has 0 aliphatic carbocycles. The highest BCUT2D eigenvalue weighted by Gasteiger charge is 2.33. The van der Waals surface area contributed by atoms with Crippen LogP contribution < -0.4 is 4.74 Å². The molecule has 2 aromatic carbocycles. The van der Waals surface area contributed by atoms with Crippen molar-refractivity contribution in [1.29, 1.82) is 0 Å². The first-order valence-corrected chi connectivity index (χ1v) is 12.4. The van der Waals surface area contributed by atoms with Crippen LogP contribution in [0.5, 0.6) is 5.75 Å². The normalized spacial score (nSPS) is 14.3. The number of ether oxygens (including phenoxy) is 2. The Hall–Kier alpha value is -3.64. The summed E-state index contributed by atoms with van der Waals surface area (Å²) in [5, 5.41) is 11.2. The van der Waals surface area contributed by atoms with Crippen LogP contribution in [0.3, 0.4) is 0 Å². The molecule has 3 heterocycles. The van der Waals surface area contributed by atoms with Crippen molar-refractivity contribution in [1.82, 2.24) is 9.55 Å². The molecule has 0 saturated carbocycles. The van der Waals surface area contributed by atoms with Crippen LogP contribution in [-0.4, -0.2) is 32.8 Å². The minimum atomic E-state index is -1.15. The fourth-order valence-corrected chi connectivity index (χ4v) is 4.97. The van der Waals surface area contributed by atoms with Crippen LogP contribution in [0.15, 0.2) is 60.8 Å². The van der Waals surface area contributed by atoms with Crippen molar-refractivity contribution in [2.24, 2.45) is 0 Å². The van der Waals surface area contributed by atoms with Crippen molar-refractivity contribution in [2.75, 3.05) is 6.61 Å². The molecule has 5 rings (SSSR count). The number of carbonyl (C=O) groups is 1. The number of carboxylic acids is 1. The van der Waals surface area contributed by atoms with Gasteiger partial charge in [-0.3, -0.25) is 0 Å². The third kappa shape index (κ3) is 4.73. The summed E-state index contributed by atoms with van der Waals surface area (Å²) in [6.45, 7) is 8.89. The van der Waals surface area contributed by atoms with E-state index in [4.69, 9.17) is 14.5 Å². The lowest BCUT2D eigenvalue weighted by Crippen LogP contribution is -2.28. The average Bonchev–Trinajstić information content (AvgIpc) is 3.23. The Labute approximate surface area is 211 Å². The fraction of sp³-hybridized carbons (Fsp3) is 0.333. The number of pyridine rings is 1. The predicted molar refractivity (Wildman–Crippen MR) is 140 cm³/mol. The van der Waals surface area contributed by atoms with Crippen molar-refractivity contribution in [3.8, 4) is 16.9 Å². The molecule has 1 N–H and O–H groups in total. The minimum absolute atomic E-state index is 0.596. The molecule has 1 atom stereocenters. The molecule has 0 spiro atoms. The van der Waals surface area contributed by atoms with Gasteiger partial charge in [-0.25, -0.2) is 9.78 Å². The van der Waals surface area contributed by atoms with Gasteiger partial charge >= 0.3 is 5.97 Å². The fourth-order valence-electron chi connectivity index (χ4n) is 4.97. The van der Waals surface area contributed by atoms with Crippen molar-refractivity contribution < 1.29 is 19.4 Å². The summed E-state index contributed by atoms with van der Waals surface area (Å²) in [5.74, 6) is -0.128. The Morgan fingerprint density at radius 2 is 1.94 bits per heavy atom. The standard InChI is InChI=1S/C30H32N2O4/c1-19-25(27(29(33)34)36-30(2,3)4)26(22-12-13-24-21(17-22)11-8-16-35-24)23-14-15-32(28(23)31-19)18-20-9-6-5-7-10-20/h5-7,9-10,12-15,17,27H,8,11,16,18H2,1-4H3,(H,33,34). The van der Waals surface area contributed by atoms with Crippen LogP contribution in [0.1, 0.15) is 55.7 Å². The van der Waals surface area contributed by atoms with Gasteiger partial charge in [0.15, 0.2) is 6.10 Å². The van der Waals surface area contributed by atoms with Gasteiger partial charge < -0.3 is 19.1 Å². The van der Waals surface area contributed by atoms with E-state index in [0.29, 0.717) is 17.8 Å². The summed E-state index contributed by atoms with van der Waals surface area (Å²) in [7, 11) is 0. The maximum absolute atomic E-state index is 12.6. The third-order valence-electron chi connectivity index (χ3n) is 6.49. The Kier molecular flexibility index (Phi) is 6.31. The van der Waals surface area contributed by atoms with Gasteiger partial charge in [-0.15, -0.1) is 0 Å².